The molecule has 9 aromatic rings. The van der Waals surface area contributed by atoms with Crippen LogP contribution >= 0.6 is 0 Å². The Bertz CT molecular complexity index is 2730. The average molecular weight is 650 g/mol. The standard InChI is InChI=1S/C50H35N/c1-34-16-8-12-24-44(34)50(45-25-13-9-21-39(45)37-19-6-3-7-20-37)46-26-14-10-22-40(46)42-32-43-41-23-11-15-27-48(41)51(49(43)33-47(42)50)38-30-28-36(29-31-38)35-17-4-2-5-18-35/h2-33H,1H3. The van der Waals surface area contributed by atoms with Crippen LogP contribution < -0.4 is 0 Å². The first-order valence-electron chi connectivity index (χ1n) is 17.8. The zero-order valence-electron chi connectivity index (χ0n) is 28.4. The van der Waals surface area contributed by atoms with Crippen molar-refractivity contribution < 1.29 is 0 Å². The van der Waals surface area contributed by atoms with Crippen molar-refractivity contribution in [1.82, 2.24) is 4.57 Å². The first-order valence-corrected chi connectivity index (χ1v) is 17.8. The Labute approximate surface area is 298 Å². The molecule has 1 atom stereocenters. The minimum absolute atomic E-state index is 0.545. The molecule has 0 saturated carbocycles. The van der Waals surface area contributed by atoms with Gasteiger partial charge in [-0.1, -0.05) is 164 Å². The fourth-order valence-corrected chi connectivity index (χ4v) is 8.85. The predicted molar refractivity (Wildman–Crippen MR) is 214 cm³/mol. The third-order valence-electron chi connectivity index (χ3n) is 11.0. The summed E-state index contributed by atoms with van der Waals surface area (Å²) in [6, 6.07) is 71.6. The van der Waals surface area contributed by atoms with Crippen LogP contribution in [0.5, 0.6) is 0 Å². The molecule has 51 heavy (non-hydrogen) atoms. The topological polar surface area (TPSA) is 4.93 Å². The summed E-state index contributed by atoms with van der Waals surface area (Å²) in [6.45, 7) is 2.27. The first-order chi connectivity index (χ1) is 25.2. The maximum atomic E-state index is 2.52. The highest BCUT2D eigenvalue weighted by atomic mass is 15.0. The maximum Gasteiger partial charge on any atom is 0.0722 e. The van der Waals surface area contributed by atoms with Gasteiger partial charge in [-0.3, -0.25) is 0 Å². The van der Waals surface area contributed by atoms with Crippen LogP contribution in [0.15, 0.2) is 194 Å². The lowest BCUT2D eigenvalue weighted by Gasteiger charge is -2.36. The number of hydrogen-bond donors (Lipinski definition) is 0. The molecule has 8 aromatic carbocycles. The van der Waals surface area contributed by atoms with E-state index in [1.165, 1.54) is 83.0 Å². The lowest BCUT2D eigenvalue weighted by molar-refractivity contribution is 0.763. The molecule has 1 nitrogen and oxygen atoms in total. The normalized spacial score (nSPS) is 14.8. The van der Waals surface area contributed by atoms with E-state index in [1.54, 1.807) is 0 Å². The van der Waals surface area contributed by atoms with Crippen molar-refractivity contribution in [3.8, 4) is 39.1 Å². The number of aromatic nitrogens is 1. The van der Waals surface area contributed by atoms with E-state index >= 15 is 0 Å². The number of rotatable bonds is 5. The van der Waals surface area contributed by atoms with Crippen LogP contribution in [0.1, 0.15) is 27.8 Å². The highest BCUT2D eigenvalue weighted by Gasteiger charge is 2.48. The van der Waals surface area contributed by atoms with Crippen LogP contribution in [-0.2, 0) is 5.41 Å². The summed E-state index contributed by atoms with van der Waals surface area (Å²) in [5, 5.41) is 2.53. The van der Waals surface area contributed by atoms with Crippen molar-refractivity contribution in [2.24, 2.45) is 0 Å². The molecule has 0 N–H and O–H groups in total. The van der Waals surface area contributed by atoms with Crippen LogP contribution in [0.25, 0.3) is 60.9 Å². The van der Waals surface area contributed by atoms with Gasteiger partial charge in [-0.05, 0) is 98.5 Å². The van der Waals surface area contributed by atoms with E-state index in [-0.39, 0.29) is 0 Å². The molecule has 240 valence electrons. The fourth-order valence-electron chi connectivity index (χ4n) is 8.85. The van der Waals surface area contributed by atoms with Gasteiger partial charge in [0, 0.05) is 16.5 Å². The van der Waals surface area contributed by atoms with E-state index in [9.17, 15) is 0 Å². The molecule has 1 heterocycles. The molecule has 10 rings (SSSR count). The largest absolute Gasteiger partial charge is 0.309 e. The van der Waals surface area contributed by atoms with Crippen molar-refractivity contribution in [1.29, 1.82) is 0 Å². The quantitative estimate of drug-likeness (QED) is 0.175. The van der Waals surface area contributed by atoms with Crippen molar-refractivity contribution in [2.45, 2.75) is 12.3 Å². The molecular weight excluding hydrogens is 615 g/mol. The molecule has 0 fully saturated rings. The minimum Gasteiger partial charge on any atom is -0.309 e. The van der Waals surface area contributed by atoms with E-state index in [1.807, 2.05) is 0 Å². The molecule has 1 aliphatic carbocycles. The van der Waals surface area contributed by atoms with Gasteiger partial charge in [0.15, 0.2) is 0 Å². The molecule has 0 amide bonds. The van der Waals surface area contributed by atoms with Gasteiger partial charge < -0.3 is 4.57 Å². The number of para-hydroxylation sites is 1. The highest BCUT2D eigenvalue weighted by molar-refractivity contribution is 6.12. The molecule has 0 aliphatic heterocycles. The van der Waals surface area contributed by atoms with E-state index in [0.717, 1.165) is 5.69 Å². The molecular formula is C50H35N. The van der Waals surface area contributed by atoms with Gasteiger partial charge >= 0.3 is 0 Å². The van der Waals surface area contributed by atoms with Crippen LogP contribution in [0.2, 0.25) is 0 Å². The lowest BCUT2D eigenvalue weighted by atomic mass is 9.64. The van der Waals surface area contributed by atoms with E-state index < -0.39 is 5.41 Å². The van der Waals surface area contributed by atoms with Crippen molar-refractivity contribution in [2.75, 3.05) is 0 Å². The van der Waals surface area contributed by atoms with Crippen molar-refractivity contribution in [3.63, 3.8) is 0 Å². The van der Waals surface area contributed by atoms with Gasteiger partial charge in [0.25, 0.3) is 0 Å². The zero-order valence-corrected chi connectivity index (χ0v) is 28.4. The number of benzene rings is 8. The third-order valence-corrected chi connectivity index (χ3v) is 11.0. The van der Waals surface area contributed by atoms with E-state index in [0.29, 0.717) is 0 Å². The summed E-state index contributed by atoms with van der Waals surface area (Å²) in [4.78, 5) is 0. The molecule has 1 heteroatoms. The molecule has 0 saturated heterocycles. The van der Waals surface area contributed by atoms with Crippen LogP contribution in [-0.4, -0.2) is 4.57 Å². The first kappa shape index (κ1) is 29.5. The molecule has 1 aliphatic rings. The molecule has 0 bridgehead atoms. The zero-order chi connectivity index (χ0) is 33.9. The third kappa shape index (κ3) is 4.35. The van der Waals surface area contributed by atoms with Gasteiger partial charge in [-0.25, -0.2) is 0 Å². The molecule has 1 aromatic heterocycles. The van der Waals surface area contributed by atoms with Crippen LogP contribution in [0.3, 0.4) is 0 Å². The Balaban J connectivity index is 1.33. The van der Waals surface area contributed by atoms with Gasteiger partial charge in [-0.2, -0.15) is 0 Å². The van der Waals surface area contributed by atoms with E-state index in [2.05, 4.69) is 206 Å². The number of fused-ring (bicyclic) bond motifs is 6. The molecule has 1 unspecified atom stereocenters. The summed E-state index contributed by atoms with van der Waals surface area (Å²) < 4.78 is 2.47. The second-order valence-electron chi connectivity index (χ2n) is 13.7. The SMILES string of the molecule is Cc1ccccc1C1(c2ccccc2-c2ccccc2)c2ccccc2-c2cc3c4ccccc4n(-c4ccc(-c5ccccc5)cc4)c3cc21. The smallest absolute Gasteiger partial charge is 0.0722 e. The summed E-state index contributed by atoms with van der Waals surface area (Å²) in [7, 11) is 0. The maximum absolute atomic E-state index is 2.52. The highest BCUT2D eigenvalue weighted by Crippen LogP contribution is 2.59. The lowest BCUT2D eigenvalue weighted by Crippen LogP contribution is -2.30. The summed E-state index contributed by atoms with van der Waals surface area (Å²) in [5.41, 5.74) is 17.1. The second kappa shape index (κ2) is 11.6. The van der Waals surface area contributed by atoms with Gasteiger partial charge in [0.2, 0.25) is 0 Å². The van der Waals surface area contributed by atoms with Crippen LogP contribution in [0, 0.1) is 6.92 Å². The summed E-state index contributed by atoms with van der Waals surface area (Å²) in [6.07, 6.45) is 0. The monoisotopic (exact) mass is 649 g/mol. The predicted octanol–water partition coefficient (Wildman–Crippen LogP) is 12.8. The second-order valence-corrected chi connectivity index (χ2v) is 13.7. The Kier molecular flexibility index (Phi) is 6.69. The van der Waals surface area contributed by atoms with E-state index in [4.69, 9.17) is 0 Å². The Morgan fingerprint density at radius 1 is 0.353 bits per heavy atom. The molecule has 0 spiro atoms. The number of hydrogen-bond acceptors (Lipinski definition) is 0. The number of aryl methyl sites for hydroxylation is 1. The minimum atomic E-state index is -0.545. The summed E-state index contributed by atoms with van der Waals surface area (Å²) >= 11 is 0. The summed E-state index contributed by atoms with van der Waals surface area (Å²) in [5.74, 6) is 0. The Hall–Kier alpha value is -6.44. The van der Waals surface area contributed by atoms with Gasteiger partial charge in [0.05, 0.1) is 16.4 Å². The Morgan fingerprint density at radius 2 is 0.902 bits per heavy atom. The van der Waals surface area contributed by atoms with Crippen molar-refractivity contribution >= 4 is 21.8 Å². The Morgan fingerprint density at radius 3 is 1.63 bits per heavy atom. The average Bonchev–Trinajstić information content (AvgIpc) is 3.68. The van der Waals surface area contributed by atoms with Gasteiger partial charge in [-0.15, -0.1) is 0 Å². The number of nitrogens with zero attached hydrogens (tertiary/aromatic N) is 1. The molecule has 0 radical (unpaired) electrons. The fraction of sp³-hybridized carbons (Fsp3) is 0.0400. The van der Waals surface area contributed by atoms with Gasteiger partial charge in [0.1, 0.15) is 0 Å². The van der Waals surface area contributed by atoms with Crippen molar-refractivity contribution in [3.05, 3.63) is 222 Å². The van der Waals surface area contributed by atoms with Crippen LogP contribution in [0.4, 0.5) is 0 Å².